The van der Waals surface area contributed by atoms with E-state index >= 15 is 0 Å². The molecule has 1 fully saturated rings. The Bertz CT molecular complexity index is 1020. The summed E-state index contributed by atoms with van der Waals surface area (Å²) < 4.78 is 5.45. The monoisotopic (exact) mass is 407 g/mol. The third-order valence-corrected chi connectivity index (χ3v) is 5.13. The molecule has 4 amide bonds. The van der Waals surface area contributed by atoms with Crippen molar-refractivity contribution in [1.29, 1.82) is 0 Å². The minimum Gasteiger partial charge on any atom is -0.482 e. The average molecular weight is 407 g/mol. The van der Waals surface area contributed by atoms with Gasteiger partial charge in [0.05, 0.1) is 12.2 Å². The van der Waals surface area contributed by atoms with Crippen molar-refractivity contribution in [3.05, 3.63) is 59.7 Å². The number of fused-ring (bicyclic) bond motifs is 1. The summed E-state index contributed by atoms with van der Waals surface area (Å²) >= 11 is 0. The van der Waals surface area contributed by atoms with Crippen molar-refractivity contribution in [3.63, 3.8) is 0 Å². The smallest absolute Gasteiger partial charge is 0.325 e. The molecule has 8 nitrogen and oxygen atoms in total. The average Bonchev–Trinajstić information content (AvgIpc) is 3.04. The highest BCUT2D eigenvalue weighted by molar-refractivity contribution is 6.10. The number of nitrogens with zero attached hydrogens (tertiary/aromatic N) is 2. The van der Waals surface area contributed by atoms with Crippen LogP contribution in [0, 0.1) is 0 Å². The molecule has 2 aliphatic heterocycles. The minimum absolute atomic E-state index is 0.0381. The first-order valence-electron chi connectivity index (χ1n) is 9.77. The van der Waals surface area contributed by atoms with Crippen LogP contribution in [0.25, 0.3) is 0 Å². The van der Waals surface area contributed by atoms with Crippen molar-refractivity contribution in [2.24, 2.45) is 0 Å². The van der Waals surface area contributed by atoms with Gasteiger partial charge in [0.15, 0.2) is 12.4 Å². The molecule has 2 aliphatic rings. The second kappa shape index (κ2) is 7.98. The highest BCUT2D eigenvalue weighted by Crippen LogP contribution is 2.33. The number of carbonyl (C=O) groups is 4. The van der Waals surface area contributed by atoms with Crippen molar-refractivity contribution in [3.8, 4) is 5.75 Å². The summed E-state index contributed by atoms with van der Waals surface area (Å²) in [6, 6.07) is 12.3. The molecule has 1 saturated heterocycles. The Hall–Kier alpha value is -3.68. The number of rotatable bonds is 6. The van der Waals surface area contributed by atoms with Crippen LogP contribution in [0.1, 0.15) is 35.3 Å². The number of amides is 4. The van der Waals surface area contributed by atoms with Crippen LogP contribution in [-0.2, 0) is 9.59 Å². The van der Waals surface area contributed by atoms with Gasteiger partial charge >= 0.3 is 6.03 Å². The van der Waals surface area contributed by atoms with E-state index in [9.17, 15) is 19.2 Å². The third kappa shape index (κ3) is 3.52. The SMILES string of the molecule is CCCN1C(=O)COc2ccc(C(=O)CN3C(=O)NC(c4ccccc4)C3=O)cc21. The fourth-order valence-electron chi connectivity index (χ4n) is 3.62. The Labute approximate surface area is 173 Å². The Morgan fingerprint density at radius 1 is 1.10 bits per heavy atom. The largest absolute Gasteiger partial charge is 0.482 e. The molecular formula is C22H21N3O5. The number of ether oxygens (including phenoxy) is 1. The molecule has 2 heterocycles. The van der Waals surface area contributed by atoms with Gasteiger partial charge in [-0.05, 0) is 30.2 Å². The normalized spacial score (nSPS) is 18.2. The number of hydrogen-bond donors (Lipinski definition) is 1. The quantitative estimate of drug-likeness (QED) is 0.586. The molecule has 1 atom stereocenters. The van der Waals surface area contributed by atoms with Gasteiger partial charge in [-0.15, -0.1) is 0 Å². The van der Waals surface area contributed by atoms with Gasteiger partial charge < -0.3 is 15.0 Å². The van der Waals surface area contributed by atoms with Crippen molar-refractivity contribution < 1.29 is 23.9 Å². The van der Waals surface area contributed by atoms with E-state index in [0.29, 0.717) is 29.1 Å². The van der Waals surface area contributed by atoms with Crippen molar-refractivity contribution in [2.45, 2.75) is 19.4 Å². The maximum atomic E-state index is 12.8. The maximum absolute atomic E-state index is 12.8. The molecule has 0 bridgehead atoms. The molecule has 0 aliphatic carbocycles. The van der Waals surface area contributed by atoms with Crippen LogP contribution in [0.4, 0.5) is 10.5 Å². The van der Waals surface area contributed by atoms with E-state index in [0.717, 1.165) is 11.3 Å². The first-order valence-corrected chi connectivity index (χ1v) is 9.77. The van der Waals surface area contributed by atoms with E-state index in [2.05, 4.69) is 5.32 Å². The fraction of sp³-hybridized carbons (Fsp3) is 0.273. The van der Waals surface area contributed by atoms with Crippen LogP contribution in [0.2, 0.25) is 0 Å². The summed E-state index contributed by atoms with van der Waals surface area (Å²) in [4.78, 5) is 52.6. The molecule has 30 heavy (non-hydrogen) atoms. The first-order chi connectivity index (χ1) is 14.5. The Morgan fingerprint density at radius 2 is 1.87 bits per heavy atom. The molecule has 2 aromatic rings. The molecule has 8 heteroatoms. The van der Waals surface area contributed by atoms with E-state index in [-0.39, 0.29) is 19.1 Å². The van der Waals surface area contributed by atoms with E-state index in [4.69, 9.17) is 4.74 Å². The van der Waals surface area contributed by atoms with Crippen LogP contribution < -0.4 is 15.0 Å². The Balaban J connectivity index is 1.54. The second-order valence-corrected chi connectivity index (χ2v) is 7.16. The highest BCUT2D eigenvalue weighted by Gasteiger charge is 2.40. The lowest BCUT2D eigenvalue weighted by molar-refractivity contribution is -0.127. The van der Waals surface area contributed by atoms with Gasteiger partial charge in [-0.3, -0.25) is 19.3 Å². The van der Waals surface area contributed by atoms with Crippen LogP contribution in [-0.4, -0.2) is 48.2 Å². The number of anilines is 1. The highest BCUT2D eigenvalue weighted by atomic mass is 16.5. The van der Waals surface area contributed by atoms with Gasteiger partial charge in [0.1, 0.15) is 11.8 Å². The van der Waals surface area contributed by atoms with Crippen molar-refractivity contribution in [2.75, 3.05) is 24.6 Å². The van der Waals surface area contributed by atoms with E-state index in [1.165, 1.54) is 0 Å². The fourth-order valence-corrected chi connectivity index (χ4v) is 3.62. The number of Topliss-reactive ketones (excluding diaryl/α,β-unsaturated/α-hetero) is 1. The van der Waals surface area contributed by atoms with Gasteiger partial charge in [0.2, 0.25) is 0 Å². The summed E-state index contributed by atoms with van der Waals surface area (Å²) in [5.74, 6) is -0.513. The van der Waals surface area contributed by atoms with Gasteiger partial charge in [0.25, 0.3) is 11.8 Å². The number of carbonyl (C=O) groups excluding carboxylic acids is 4. The lowest BCUT2D eigenvalue weighted by atomic mass is 10.1. The van der Waals surface area contributed by atoms with Crippen LogP contribution >= 0.6 is 0 Å². The van der Waals surface area contributed by atoms with Gasteiger partial charge in [0, 0.05) is 12.1 Å². The number of nitrogens with one attached hydrogen (secondary N) is 1. The summed E-state index contributed by atoms with van der Waals surface area (Å²) in [5.41, 5.74) is 1.49. The Morgan fingerprint density at radius 3 is 2.60 bits per heavy atom. The minimum atomic E-state index is -0.805. The van der Waals surface area contributed by atoms with Crippen LogP contribution in [0.15, 0.2) is 48.5 Å². The predicted molar refractivity (Wildman–Crippen MR) is 108 cm³/mol. The number of benzene rings is 2. The van der Waals surface area contributed by atoms with Crippen molar-refractivity contribution >= 4 is 29.3 Å². The number of urea groups is 1. The summed E-state index contributed by atoms with van der Waals surface area (Å²) in [6.45, 7) is 2.05. The van der Waals surface area contributed by atoms with E-state index in [1.807, 2.05) is 13.0 Å². The molecule has 0 aromatic heterocycles. The van der Waals surface area contributed by atoms with Crippen molar-refractivity contribution in [1.82, 2.24) is 10.2 Å². The van der Waals surface area contributed by atoms with Gasteiger partial charge in [-0.1, -0.05) is 37.3 Å². The topological polar surface area (TPSA) is 96.0 Å². The molecule has 1 N–H and O–H groups in total. The zero-order chi connectivity index (χ0) is 21.3. The van der Waals surface area contributed by atoms with E-state index < -0.39 is 23.8 Å². The van der Waals surface area contributed by atoms with Crippen LogP contribution in [0.3, 0.4) is 0 Å². The zero-order valence-electron chi connectivity index (χ0n) is 16.5. The molecular weight excluding hydrogens is 386 g/mol. The molecule has 0 saturated carbocycles. The van der Waals surface area contributed by atoms with Crippen LogP contribution in [0.5, 0.6) is 5.75 Å². The summed E-state index contributed by atoms with van der Waals surface area (Å²) in [7, 11) is 0. The third-order valence-electron chi connectivity index (χ3n) is 5.13. The molecule has 2 aromatic carbocycles. The lowest BCUT2D eigenvalue weighted by Crippen LogP contribution is -2.39. The number of ketones is 1. The summed E-state index contributed by atoms with van der Waals surface area (Å²) in [6.07, 6.45) is 0.757. The maximum Gasteiger partial charge on any atom is 0.325 e. The van der Waals surface area contributed by atoms with E-state index in [1.54, 1.807) is 47.4 Å². The summed E-state index contributed by atoms with van der Waals surface area (Å²) in [5, 5.41) is 2.62. The predicted octanol–water partition coefficient (Wildman–Crippen LogP) is 2.30. The Kier molecular flexibility index (Phi) is 5.22. The van der Waals surface area contributed by atoms with Gasteiger partial charge in [-0.2, -0.15) is 0 Å². The second-order valence-electron chi connectivity index (χ2n) is 7.16. The molecule has 0 radical (unpaired) electrons. The zero-order valence-corrected chi connectivity index (χ0v) is 16.5. The van der Waals surface area contributed by atoms with Gasteiger partial charge in [-0.25, -0.2) is 4.79 Å². The molecule has 4 rings (SSSR count). The standard InChI is InChI=1S/C22H21N3O5/c1-2-10-24-16-11-15(8-9-18(16)30-13-19(24)27)17(26)12-25-21(28)20(23-22(25)29)14-6-4-3-5-7-14/h3-9,11,20H,2,10,12-13H2,1H3,(H,23,29). The number of hydrogen-bond acceptors (Lipinski definition) is 5. The lowest BCUT2D eigenvalue weighted by Gasteiger charge is -2.29. The molecule has 1 unspecified atom stereocenters. The number of imide groups is 1. The molecule has 154 valence electrons. The molecule has 0 spiro atoms. The first kappa shape index (κ1) is 19.6.